The zero-order chi connectivity index (χ0) is 12.2. The number of rotatable bonds is 3. The molecule has 0 saturated heterocycles. The first-order valence-electron chi connectivity index (χ1n) is 7.30. The van der Waals surface area contributed by atoms with E-state index in [1.807, 2.05) is 0 Å². The molecule has 0 spiro atoms. The molecule has 0 atom stereocenters. The van der Waals surface area contributed by atoms with E-state index in [-0.39, 0.29) is 5.41 Å². The Morgan fingerprint density at radius 1 is 1.11 bits per heavy atom. The van der Waals surface area contributed by atoms with Crippen LogP contribution in [0.15, 0.2) is 4.52 Å². The van der Waals surface area contributed by atoms with E-state index in [1.165, 1.54) is 51.4 Å². The lowest BCUT2D eigenvalue weighted by Gasteiger charge is -2.51. The lowest BCUT2D eigenvalue weighted by Crippen LogP contribution is -2.47. The molecule has 1 aromatic heterocycles. The van der Waals surface area contributed by atoms with Gasteiger partial charge in [-0.1, -0.05) is 5.16 Å². The first-order chi connectivity index (χ1) is 8.75. The molecule has 4 heteroatoms. The predicted octanol–water partition coefficient (Wildman–Crippen LogP) is 2.50. The zero-order valence-corrected chi connectivity index (χ0v) is 10.8. The molecule has 1 heterocycles. The molecule has 2 bridgehead atoms. The molecule has 4 nitrogen and oxygen atoms in total. The predicted molar refractivity (Wildman–Crippen MR) is 67.1 cm³/mol. The van der Waals surface area contributed by atoms with Crippen LogP contribution in [0, 0.1) is 5.41 Å². The van der Waals surface area contributed by atoms with Gasteiger partial charge in [0.1, 0.15) is 0 Å². The summed E-state index contributed by atoms with van der Waals surface area (Å²) >= 11 is 0. The van der Waals surface area contributed by atoms with Gasteiger partial charge >= 0.3 is 0 Å². The van der Waals surface area contributed by atoms with E-state index in [4.69, 9.17) is 15.2 Å². The molecule has 4 fully saturated rings. The van der Waals surface area contributed by atoms with Crippen molar-refractivity contribution in [3.8, 4) is 0 Å². The topological polar surface area (TPSA) is 64.9 Å². The summed E-state index contributed by atoms with van der Waals surface area (Å²) in [4.78, 5) is 4.70. The highest BCUT2D eigenvalue weighted by atomic mass is 16.5. The average molecular weight is 247 g/mol. The second kappa shape index (κ2) is 3.56. The first-order valence-corrected chi connectivity index (χ1v) is 7.30. The van der Waals surface area contributed by atoms with Gasteiger partial charge in [-0.15, -0.1) is 0 Å². The zero-order valence-electron chi connectivity index (χ0n) is 10.8. The summed E-state index contributed by atoms with van der Waals surface area (Å²) < 4.78 is 5.60. The summed E-state index contributed by atoms with van der Waals surface area (Å²) in [6.45, 7) is 0.847. The van der Waals surface area contributed by atoms with Crippen molar-refractivity contribution in [1.29, 1.82) is 0 Å². The molecule has 2 N–H and O–H groups in total. The van der Waals surface area contributed by atoms with Crippen molar-refractivity contribution in [3.05, 3.63) is 11.7 Å². The van der Waals surface area contributed by atoms with Crippen molar-refractivity contribution in [2.75, 3.05) is 6.54 Å². The molecule has 0 aliphatic heterocycles. The maximum Gasteiger partial charge on any atom is 0.232 e. The van der Waals surface area contributed by atoms with Crippen molar-refractivity contribution >= 4 is 0 Å². The fourth-order valence-corrected chi connectivity index (χ4v) is 3.85. The number of hydrogen-bond donors (Lipinski definition) is 1. The third kappa shape index (κ3) is 1.48. The van der Waals surface area contributed by atoms with Crippen molar-refractivity contribution in [1.82, 2.24) is 10.1 Å². The van der Waals surface area contributed by atoms with E-state index in [9.17, 15) is 0 Å². The van der Waals surface area contributed by atoms with E-state index in [2.05, 4.69) is 5.16 Å². The molecule has 0 radical (unpaired) electrons. The minimum Gasteiger partial charge on any atom is -0.339 e. The van der Waals surface area contributed by atoms with E-state index >= 15 is 0 Å². The third-order valence-electron chi connectivity index (χ3n) is 5.67. The van der Waals surface area contributed by atoms with Crippen molar-refractivity contribution in [2.24, 2.45) is 11.1 Å². The maximum atomic E-state index is 5.96. The van der Waals surface area contributed by atoms with Gasteiger partial charge in [0, 0.05) is 11.3 Å². The molecule has 0 aromatic carbocycles. The number of aromatic nitrogens is 2. The third-order valence-corrected chi connectivity index (χ3v) is 5.67. The Bertz CT molecular complexity index is 439. The fraction of sp³-hybridized carbons (Fsp3) is 0.857. The molecule has 18 heavy (non-hydrogen) atoms. The monoisotopic (exact) mass is 247 g/mol. The molecule has 4 saturated carbocycles. The molecule has 0 unspecified atom stereocenters. The highest BCUT2D eigenvalue weighted by Crippen LogP contribution is 2.57. The molecule has 5 rings (SSSR count). The van der Waals surface area contributed by atoms with Crippen LogP contribution in [0.25, 0.3) is 0 Å². The summed E-state index contributed by atoms with van der Waals surface area (Å²) in [6.07, 6.45) is 9.77. The summed E-state index contributed by atoms with van der Waals surface area (Å²) in [7, 11) is 0. The van der Waals surface area contributed by atoms with Gasteiger partial charge in [-0.2, -0.15) is 4.98 Å². The van der Waals surface area contributed by atoms with Gasteiger partial charge in [0.05, 0.1) is 0 Å². The highest BCUT2D eigenvalue weighted by molar-refractivity contribution is 5.15. The Morgan fingerprint density at radius 2 is 1.78 bits per heavy atom. The molecule has 98 valence electrons. The van der Waals surface area contributed by atoms with E-state index in [1.54, 1.807) is 0 Å². The van der Waals surface area contributed by atoms with Crippen LogP contribution in [0.2, 0.25) is 0 Å². The lowest BCUT2D eigenvalue weighted by atomic mass is 9.53. The first kappa shape index (κ1) is 11.0. The number of nitrogens with two attached hydrogens (primary N) is 1. The average Bonchev–Trinajstić information content (AvgIpc) is 3.18. The van der Waals surface area contributed by atoms with Gasteiger partial charge in [0.2, 0.25) is 5.89 Å². The Hall–Kier alpha value is -0.900. The van der Waals surface area contributed by atoms with Crippen LogP contribution in [0.1, 0.15) is 69.0 Å². The summed E-state index contributed by atoms with van der Waals surface area (Å²) in [5, 5.41) is 4.19. The number of hydrogen-bond acceptors (Lipinski definition) is 4. The standard InChI is InChI=1S/C14H21N3O/c15-9-13-3-6-14(7-4-13,8-5-13)12-16-11(17-18-12)10-1-2-10/h10H,1-9,15H2. The molecule has 4 aliphatic rings. The van der Waals surface area contributed by atoms with Gasteiger partial charge in [0.25, 0.3) is 0 Å². The Kier molecular flexibility index (Phi) is 2.17. The van der Waals surface area contributed by atoms with Crippen molar-refractivity contribution < 1.29 is 4.52 Å². The SMILES string of the molecule is NCC12CCC(c3nc(C4CC4)no3)(CC1)CC2. The quantitative estimate of drug-likeness (QED) is 0.891. The molecule has 1 aromatic rings. The second-order valence-electron chi connectivity index (χ2n) is 6.72. The van der Waals surface area contributed by atoms with E-state index in [0.717, 1.165) is 18.3 Å². The largest absolute Gasteiger partial charge is 0.339 e. The minimum absolute atomic E-state index is 0.192. The van der Waals surface area contributed by atoms with Crippen molar-refractivity contribution in [2.45, 2.75) is 62.7 Å². The Morgan fingerprint density at radius 3 is 2.33 bits per heavy atom. The smallest absolute Gasteiger partial charge is 0.232 e. The minimum atomic E-state index is 0.192. The van der Waals surface area contributed by atoms with Crippen LogP contribution < -0.4 is 5.73 Å². The van der Waals surface area contributed by atoms with Crippen LogP contribution in [0.5, 0.6) is 0 Å². The van der Waals surface area contributed by atoms with Gasteiger partial charge in [-0.3, -0.25) is 0 Å². The fourth-order valence-electron chi connectivity index (χ4n) is 3.85. The summed E-state index contributed by atoms with van der Waals surface area (Å²) in [5.74, 6) is 2.48. The number of nitrogens with zero attached hydrogens (tertiary/aromatic N) is 2. The Labute approximate surface area is 107 Å². The van der Waals surface area contributed by atoms with Gasteiger partial charge < -0.3 is 10.3 Å². The second-order valence-corrected chi connectivity index (χ2v) is 6.72. The van der Waals surface area contributed by atoms with Crippen LogP contribution in [0.4, 0.5) is 0 Å². The van der Waals surface area contributed by atoms with Crippen molar-refractivity contribution in [3.63, 3.8) is 0 Å². The lowest BCUT2D eigenvalue weighted by molar-refractivity contribution is 0.0292. The molecule has 4 aliphatic carbocycles. The molecular weight excluding hydrogens is 226 g/mol. The highest BCUT2D eigenvalue weighted by Gasteiger charge is 2.51. The van der Waals surface area contributed by atoms with Crippen LogP contribution in [-0.4, -0.2) is 16.7 Å². The number of fused-ring (bicyclic) bond motifs is 3. The van der Waals surface area contributed by atoms with Gasteiger partial charge in [-0.25, -0.2) is 0 Å². The maximum absolute atomic E-state index is 5.96. The van der Waals surface area contributed by atoms with Crippen LogP contribution in [0.3, 0.4) is 0 Å². The van der Waals surface area contributed by atoms with E-state index < -0.39 is 0 Å². The van der Waals surface area contributed by atoms with E-state index in [0.29, 0.717) is 11.3 Å². The molecular formula is C14H21N3O. The summed E-state index contributed by atoms with van der Waals surface area (Å²) in [5.41, 5.74) is 6.58. The van der Waals surface area contributed by atoms with Gasteiger partial charge in [0.15, 0.2) is 5.82 Å². The van der Waals surface area contributed by atoms with Crippen LogP contribution >= 0.6 is 0 Å². The Balaban J connectivity index is 1.60. The van der Waals surface area contributed by atoms with Gasteiger partial charge in [-0.05, 0) is 63.3 Å². The van der Waals surface area contributed by atoms with Crippen LogP contribution in [-0.2, 0) is 5.41 Å². The molecule has 0 amide bonds. The normalized spacial score (nSPS) is 39.2. The summed E-state index contributed by atoms with van der Waals surface area (Å²) in [6, 6.07) is 0.